The molecule has 0 bridgehead atoms. The second-order valence-electron chi connectivity index (χ2n) is 9.85. The molecular weight excluding hydrogens is 424 g/mol. The molecule has 180 valence electrons. The van der Waals surface area contributed by atoms with Gasteiger partial charge >= 0.3 is 5.63 Å². The summed E-state index contributed by atoms with van der Waals surface area (Å²) in [7, 11) is 0. The maximum absolute atomic E-state index is 13.0. The predicted octanol–water partition coefficient (Wildman–Crippen LogP) is 5.79. The minimum atomic E-state index is -0.289. The highest BCUT2D eigenvalue weighted by Crippen LogP contribution is 2.32. The maximum Gasteiger partial charge on any atom is 0.344 e. The second kappa shape index (κ2) is 10.5. The number of anilines is 1. The van der Waals surface area contributed by atoms with Crippen LogP contribution in [0.4, 0.5) is 5.69 Å². The zero-order valence-electron chi connectivity index (χ0n) is 21.0. The summed E-state index contributed by atoms with van der Waals surface area (Å²) in [6.45, 7) is 11.1. The fraction of sp³-hybridized carbons (Fsp3) is 0.483. The number of carbonyl (C=O) groups excluding carboxylic acids is 1. The monoisotopic (exact) mass is 461 g/mol. The molecule has 0 fully saturated rings. The van der Waals surface area contributed by atoms with Gasteiger partial charge in [0.05, 0.1) is 5.56 Å². The van der Waals surface area contributed by atoms with Gasteiger partial charge in [0.15, 0.2) is 11.9 Å². The first-order chi connectivity index (χ1) is 16.4. The first-order valence-electron chi connectivity index (χ1n) is 12.8. The molecule has 1 aromatic carbocycles. The van der Waals surface area contributed by atoms with E-state index in [1.165, 1.54) is 16.9 Å². The van der Waals surface area contributed by atoms with Crippen molar-refractivity contribution >= 4 is 22.4 Å². The van der Waals surface area contributed by atoms with Gasteiger partial charge in [0.25, 0.3) is 0 Å². The third-order valence-electron chi connectivity index (χ3n) is 6.93. The van der Waals surface area contributed by atoms with Crippen LogP contribution in [0.1, 0.15) is 77.0 Å². The molecule has 4 rings (SSSR count). The highest BCUT2D eigenvalue weighted by Gasteiger charge is 2.20. The summed E-state index contributed by atoms with van der Waals surface area (Å²) >= 11 is 0. The van der Waals surface area contributed by atoms with Crippen LogP contribution in [0.3, 0.4) is 0 Å². The summed E-state index contributed by atoms with van der Waals surface area (Å²) in [6, 6.07) is 10.4. The van der Waals surface area contributed by atoms with Crippen molar-refractivity contribution < 1.29 is 13.8 Å². The Bertz CT molecular complexity index is 1240. The van der Waals surface area contributed by atoms with E-state index in [9.17, 15) is 9.59 Å². The number of aromatic nitrogens is 1. The zero-order chi connectivity index (χ0) is 24.2. The Morgan fingerprint density at radius 2 is 1.97 bits per heavy atom. The Labute approximate surface area is 202 Å². The summed E-state index contributed by atoms with van der Waals surface area (Å²) in [6.07, 6.45) is 7.99. The first kappa shape index (κ1) is 24.2. The van der Waals surface area contributed by atoms with Gasteiger partial charge in [-0.15, -0.1) is 0 Å². The molecule has 1 aliphatic heterocycles. The quantitative estimate of drug-likeness (QED) is 0.230. The molecule has 0 radical (unpaired) electrons. The van der Waals surface area contributed by atoms with E-state index in [0.717, 1.165) is 62.7 Å². The Hall–Kier alpha value is -2.95. The second-order valence-corrected chi connectivity index (χ2v) is 9.85. The Morgan fingerprint density at radius 1 is 1.15 bits per heavy atom. The van der Waals surface area contributed by atoms with E-state index in [0.29, 0.717) is 23.5 Å². The van der Waals surface area contributed by atoms with Crippen LogP contribution in [0.2, 0.25) is 0 Å². The third-order valence-corrected chi connectivity index (χ3v) is 6.93. The summed E-state index contributed by atoms with van der Waals surface area (Å²) < 4.78 is 8.11. The number of aryl methyl sites for hydroxylation is 2. The lowest BCUT2D eigenvalue weighted by atomic mass is 9.98. The molecule has 0 spiro atoms. The molecule has 5 heteroatoms. The number of unbranched alkanes of at least 4 members (excludes halogenated alkanes) is 2. The smallest absolute Gasteiger partial charge is 0.344 e. The number of carbonyl (C=O) groups is 1. The lowest BCUT2D eigenvalue weighted by molar-refractivity contribution is -0.705. The highest BCUT2D eigenvalue weighted by molar-refractivity contribution is 5.86. The van der Waals surface area contributed by atoms with Crippen molar-refractivity contribution in [3.8, 4) is 11.1 Å². The van der Waals surface area contributed by atoms with Gasteiger partial charge in [0.2, 0.25) is 0 Å². The summed E-state index contributed by atoms with van der Waals surface area (Å²) in [5.74, 6) is 0.592. The van der Waals surface area contributed by atoms with E-state index >= 15 is 0 Å². The van der Waals surface area contributed by atoms with Crippen LogP contribution in [0.15, 0.2) is 45.7 Å². The number of benzene rings is 1. The molecule has 0 amide bonds. The zero-order valence-corrected chi connectivity index (χ0v) is 21.0. The van der Waals surface area contributed by atoms with Crippen LogP contribution in [-0.2, 0) is 17.8 Å². The fourth-order valence-electron chi connectivity index (χ4n) is 5.06. The molecule has 3 aromatic rings. The third kappa shape index (κ3) is 5.24. The molecule has 2 aromatic heterocycles. The average molecular weight is 462 g/mol. The molecule has 1 aliphatic rings. The van der Waals surface area contributed by atoms with Gasteiger partial charge in [-0.25, -0.2) is 9.36 Å². The summed E-state index contributed by atoms with van der Waals surface area (Å²) in [4.78, 5) is 26.5. The van der Waals surface area contributed by atoms with Crippen molar-refractivity contribution in [2.24, 2.45) is 0 Å². The number of rotatable bonds is 9. The van der Waals surface area contributed by atoms with Crippen LogP contribution in [-0.4, -0.2) is 18.9 Å². The number of pyridine rings is 1. The first-order valence-corrected chi connectivity index (χ1v) is 12.8. The van der Waals surface area contributed by atoms with Gasteiger partial charge in [0.1, 0.15) is 17.9 Å². The maximum atomic E-state index is 13.0. The SMILES string of the molecule is CCN1CCCc2cc3cc(-c4cc[n+](CCCCCC(C)=O)c(C(C)C)c4)c(=O)oc3cc21. The van der Waals surface area contributed by atoms with Crippen LogP contribution in [0.5, 0.6) is 0 Å². The standard InChI is InChI=1S/C29H37N2O3/c1-5-30-14-9-11-23-16-24-17-25(29(33)34-28(24)19-27(23)30)22-12-15-31(26(18-22)20(2)3)13-8-6-7-10-21(4)32/h12,15-20H,5-11,13-14H2,1-4H3/q+1. The lowest BCUT2D eigenvalue weighted by Crippen LogP contribution is -2.38. The van der Waals surface area contributed by atoms with Crippen LogP contribution >= 0.6 is 0 Å². The molecule has 0 aliphatic carbocycles. The minimum Gasteiger partial charge on any atom is -0.422 e. The molecule has 5 nitrogen and oxygen atoms in total. The molecule has 0 unspecified atom stereocenters. The molecule has 0 N–H and O–H groups in total. The van der Waals surface area contributed by atoms with Crippen molar-refractivity contribution in [2.75, 3.05) is 18.0 Å². The van der Waals surface area contributed by atoms with E-state index in [4.69, 9.17) is 4.42 Å². The number of nitrogens with zero attached hydrogens (tertiary/aromatic N) is 2. The van der Waals surface area contributed by atoms with Crippen molar-refractivity contribution in [1.82, 2.24) is 0 Å². The Balaban J connectivity index is 1.64. The highest BCUT2D eigenvalue weighted by atomic mass is 16.4. The largest absolute Gasteiger partial charge is 0.422 e. The van der Waals surface area contributed by atoms with E-state index in [1.807, 2.05) is 18.2 Å². The summed E-state index contributed by atoms with van der Waals surface area (Å²) in [5, 5.41) is 0.986. The van der Waals surface area contributed by atoms with E-state index in [-0.39, 0.29) is 11.4 Å². The van der Waals surface area contributed by atoms with Gasteiger partial charge in [-0.2, -0.15) is 0 Å². The normalized spacial score (nSPS) is 13.5. The number of hydrogen-bond acceptors (Lipinski definition) is 4. The molecule has 0 atom stereocenters. The summed E-state index contributed by atoms with van der Waals surface area (Å²) in [5.41, 5.74) is 5.62. The molecular formula is C29H37N2O3+. The number of Topliss-reactive ketones (excluding diaryl/α,β-unsaturated/α-hetero) is 1. The Morgan fingerprint density at radius 3 is 2.71 bits per heavy atom. The molecule has 3 heterocycles. The van der Waals surface area contributed by atoms with Gasteiger partial charge in [0, 0.05) is 66.7 Å². The van der Waals surface area contributed by atoms with E-state index < -0.39 is 0 Å². The van der Waals surface area contributed by atoms with Crippen LogP contribution in [0, 0.1) is 0 Å². The number of fused-ring (bicyclic) bond motifs is 2. The molecule has 34 heavy (non-hydrogen) atoms. The van der Waals surface area contributed by atoms with Gasteiger partial charge in [-0.1, -0.05) is 13.8 Å². The van der Waals surface area contributed by atoms with E-state index in [1.54, 1.807) is 6.92 Å². The molecule has 0 saturated carbocycles. The topological polar surface area (TPSA) is 54.4 Å². The van der Waals surface area contributed by atoms with Crippen molar-refractivity contribution in [2.45, 2.75) is 78.7 Å². The van der Waals surface area contributed by atoms with Gasteiger partial charge in [-0.05, 0) is 57.2 Å². The van der Waals surface area contributed by atoms with Crippen molar-refractivity contribution in [3.63, 3.8) is 0 Å². The fourth-order valence-corrected chi connectivity index (χ4v) is 5.06. The van der Waals surface area contributed by atoms with Gasteiger partial charge in [-0.3, -0.25) is 0 Å². The minimum absolute atomic E-state index is 0.261. The van der Waals surface area contributed by atoms with Crippen LogP contribution in [0.25, 0.3) is 22.1 Å². The van der Waals surface area contributed by atoms with Crippen molar-refractivity contribution in [1.29, 1.82) is 0 Å². The molecule has 0 saturated heterocycles. The number of ketones is 1. The number of hydrogen-bond donors (Lipinski definition) is 0. The Kier molecular flexibility index (Phi) is 7.50. The van der Waals surface area contributed by atoms with Gasteiger partial charge < -0.3 is 14.1 Å². The van der Waals surface area contributed by atoms with Crippen LogP contribution < -0.4 is 15.1 Å². The predicted molar refractivity (Wildman–Crippen MR) is 138 cm³/mol. The van der Waals surface area contributed by atoms with Crippen molar-refractivity contribution in [3.05, 3.63) is 58.2 Å². The lowest BCUT2D eigenvalue weighted by Gasteiger charge is -2.30. The average Bonchev–Trinajstić information content (AvgIpc) is 2.81. The van der Waals surface area contributed by atoms with E-state index in [2.05, 4.69) is 48.6 Å².